The van der Waals surface area contributed by atoms with E-state index in [2.05, 4.69) is 60.2 Å². The van der Waals surface area contributed by atoms with Crippen molar-refractivity contribution in [3.63, 3.8) is 0 Å². The summed E-state index contributed by atoms with van der Waals surface area (Å²) in [6, 6.07) is 9.61. The first-order valence-electron chi connectivity index (χ1n) is 8.51. The van der Waals surface area contributed by atoms with Crippen LogP contribution in [0.1, 0.15) is 44.7 Å². The number of hydrogen-bond acceptors (Lipinski definition) is 2. The summed E-state index contributed by atoms with van der Waals surface area (Å²) >= 11 is 0. The fourth-order valence-corrected chi connectivity index (χ4v) is 2.94. The third-order valence-electron chi connectivity index (χ3n) is 4.63. The first kappa shape index (κ1) is 20.2. The number of hydrogen-bond donors (Lipinski definition) is 2. The molecule has 0 saturated carbocycles. The molecule has 1 aliphatic heterocycles. The van der Waals surface area contributed by atoms with Gasteiger partial charge in [0.2, 0.25) is 0 Å². The summed E-state index contributed by atoms with van der Waals surface area (Å²) in [4.78, 5) is 7.10. The van der Waals surface area contributed by atoms with Gasteiger partial charge >= 0.3 is 0 Å². The van der Waals surface area contributed by atoms with Gasteiger partial charge in [0.1, 0.15) is 0 Å². The zero-order chi connectivity index (χ0) is 15.9. The Morgan fingerprint density at radius 2 is 1.96 bits per heavy atom. The molecule has 5 heteroatoms. The number of benzene rings is 1. The van der Waals surface area contributed by atoms with Crippen molar-refractivity contribution in [1.29, 1.82) is 0 Å². The molecule has 0 saturated heterocycles. The summed E-state index contributed by atoms with van der Waals surface area (Å²) in [6.07, 6.45) is 3.29. The van der Waals surface area contributed by atoms with Crippen LogP contribution in [0.2, 0.25) is 0 Å². The summed E-state index contributed by atoms with van der Waals surface area (Å²) in [7, 11) is 0. The van der Waals surface area contributed by atoms with Gasteiger partial charge < -0.3 is 11.1 Å². The topological polar surface area (TPSA) is 53.6 Å². The second-order valence-corrected chi connectivity index (χ2v) is 6.23. The van der Waals surface area contributed by atoms with E-state index < -0.39 is 0 Å². The Hall–Kier alpha value is -0.820. The maximum Gasteiger partial charge on any atom is 0.188 e. The fraction of sp³-hybridized carbons (Fsp3) is 0.611. The molecular weight excluding hydrogens is 399 g/mol. The SMILES string of the molecule is CCC(C)NC(N)=NCC(CC)N1CCc2ccccc2C1.I. The lowest BCUT2D eigenvalue weighted by Crippen LogP contribution is -2.42. The number of guanidine groups is 1. The van der Waals surface area contributed by atoms with Crippen molar-refractivity contribution < 1.29 is 0 Å². The molecule has 130 valence electrons. The number of halogens is 1. The van der Waals surface area contributed by atoms with Gasteiger partial charge in [-0.2, -0.15) is 0 Å². The molecule has 2 unspecified atom stereocenters. The van der Waals surface area contributed by atoms with Crippen molar-refractivity contribution in [3.8, 4) is 0 Å². The van der Waals surface area contributed by atoms with Gasteiger partial charge in [0.25, 0.3) is 0 Å². The first-order chi connectivity index (χ1) is 10.6. The molecule has 0 aliphatic carbocycles. The maximum atomic E-state index is 5.98. The van der Waals surface area contributed by atoms with Gasteiger partial charge in [-0.15, -0.1) is 24.0 Å². The molecule has 4 nitrogen and oxygen atoms in total. The number of nitrogens with zero attached hydrogens (tertiary/aromatic N) is 2. The third-order valence-corrected chi connectivity index (χ3v) is 4.63. The molecule has 0 bridgehead atoms. The van der Waals surface area contributed by atoms with E-state index in [-0.39, 0.29) is 24.0 Å². The number of nitrogens with one attached hydrogen (secondary N) is 1. The minimum Gasteiger partial charge on any atom is -0.370 e. The van der Waals surface area contributed by atoms with Crippen molar-refractivity contribution in [1.82, 2.24) is 10.2 Å². The van der Waals surface area contributed by atoms with Crippen LogP contribution in [0.15, 0.2) is 29.3 Å². The van der Waals surface area contributed by atoms with Crippen molar-refractivity contribution in [2.45, 2.75) is 58.7 Å². The Morgan fingerprint density at radius 3 is 2.61 bits per heavy atom. The van der Waals surface area contributed by atoms with Crippen LogP contribution < -0.4 is 11.1 Å². The molecule has 1 aromatic carbocycles. The average molecular weight is 430 g/mol. The molecule has 23 heavy (non-hydrogen) atoms. The van der Waals surface area contributed by atoms with E-state index >= 15 is 0 Å². The van der Waals surface area contributed by atoms with Crippen LogP contribution in [-0.4, -0.2) is 36.0 Å². The lowest BCUT2D eigenvalue weighted by Gasteiger charge is -2.34. The summed E-state index contributed by atoms with van der Waals surface area (Å²) in [6.45, 7) is 9.42. The molecule has 0 radical (unpaired) electrons. The lowest BCUT2D eigenvalue weighted by atomic mass is 9.98. The predicted octanol–water partition coefficient (Wildman–Crippen LogP) is 3.14. The minimum absolute atomic E-state index is 0. The van der Waals surface area contributed by atoms with E-state index in [1.807, 2.05) is 0 Å². The van der Waals surface area contributed by atoms with Crippen LogP contribution in [0.4, 0.5) is 0 Å². The first-order valence-corrected chi connectivity index (χ1v) is 8.51. The second-order valence-electron chi connectivity index (χ2n) is 6.23. The molecule has 0 fully saturated rings. The number of rotatable bonds is 6. The quantitative estimate of drug-likeness (QED) is 0.414. The normalized spacial score (nSPS) is 17.8. The molecule has 1 aliphatic rings. The predicted molar refractivity (Wildman–Crippen MR) is 109 cm³/mol. The smallest absolute Gasteiger partial charge is 0.188 e. The lowest BCUT2D eigenvalue weighted by molar-refractivity contribution is 0.178. The highest BCUT2D eigenvalue weighted by Gasteiger charge is 2.21. The summed E-state index contributed by atoms with van der Waals surface area (Å²) in [5, 5.41) is 3.24. The van der Waals surface area contributed by atoms with Gasteiger partial charge in [0.05, 0.1) is 6.54 Å². The minimum atomic E-state index is 0. The van der Waals surface area contributed by atoms with Crippen LogP contribution in [0.5, 0.6) is 0 Å². The average Bonchev–Trinajstić information content (AvgIpc) is 2.55. The standard InChI is InChI=1S/C18H30N4.HI/c1-4-14(3)21-18(19)20-12-17(5-2)22-11-10-15-8-6-7-9-16(15)13-22;/h6-9,14,17H,4-5,10-13H2,1-3H3,(H3,19,20,21);1H. The number of fused-ring (bicyclic) bond motifs is 1. The molecule has 1 aromatic rings. The van der Waals surface area contributed by atoms with Crippen molar-refractivity contribution in [2.75, 3.05) is 13.1 Å². The van der Waals surface area contributed by atoms with Crippen LogP contribution >= 0.6 is 24.0 Å². The molecule has 0 spiro atoms. The Morgan fingerprint density at radius 1 is 1.26 bits per heavy atom. The van der Waals surface area contributed by atoms with Crippen molar-refractivity contribution in [3.05, 3.63) is 35.4 Å². The highest BCUT2D eigenvalue weighted by atomic mass is 127. The zero-order valence-corrected chi connectivity index (χ0v) is 16.9. The van der Waals surface area contributed by atoms with Crippen molar-refractivity contribution >= 4 is 29.9 Å². The Labute approximate surface area is 157 Å². The maximum absolute atomic E-state index is 5.98. The highest BCUT2D eigenvalue weighted by molar-refractivity contribution is 14.0. The highest BCUT2D eigenvalue weighted by Crippen LogP contribution is 2.21. The van der Waals surface area contributed by atoms with Crippen LogP contribution in [0, 0.1) is 0 Å². The van der Waals surface area contributed by atoms with Gasteiger partial charge in [-0.05, 0) is 37.3 Å². The van der Waals surface area contributed by atoms with Crippen LogP contribution in [-0.2, 0) is 13.0 Å². The monoisotopic (exact) mass is 430 g/mol. The van der Waals surface area contributed by atoms with Gasteiger partial charge in [-0.3, -0.25) is 9.89 Å². The van der Waals surface area contributed by atoms with Crippen LogP contribution in [0.25, 0.3) is 0 Å². The Kier molecular flexibility index (Phi) is 8.91. The fourth-order valence-electron chi connectivity index (χ4n) is 2.94. The van der Waals surface area contributed by atoms with E-state index in [1.54, 1.807) is 0 Å². The third kappa shape index (κ3) is 5.95. The molecule has 1 heterocycles. The van der Waals surface area contributed by atoms with Crippen molar-refractivity contribution in [2.24, 2.45) is 10.7 Å². The van der Waals surface area contributed by atoms with Crippen LogP contribution in [0.3, 0.4) is 0 Å². The van der Waals surface area contributed by atoms with Gasteiger partial charge in [-0.25, -0.2) is 0 Å². The molecular formula is C18H31IN4. The molecule has 2 rings (SSSR count). The van der Waals surface area contributed by atoms with Gasteiger partial charge in [0, 0.05) is 25.2 Å². The number of nitrogens with two attached hydrogens (primary N) is 1. The van der Waals surface area contributed by atoms with E-state index in [0.717, 1.165) is 38.9 Å². The molecule has 2 atom stereocenters. The van der Waals surface area contributed by atoms with Gasteiger partial charge in [0.15, 0.2) is 5.96 Å². The summed E-state index contributed by atoms with van der Waals surface area (Å²) in [5.41, 5.74) is 8.94. The number of aliphatic imine (C=N–C) groups is 1. The second kappa shape index (κ2) is 10.1. The van der Waals surface area contributed by atoms with Gasteiger partial charge in [-0.1, -0.05) is 38.1 Å². The Balaban J connectivity index is 0.00000264. The molecule has 0 amide bonds. The largest absolute Gasteiger partial charge is 0.370 e. The Bertz CT molecular complexity index is 504. The van der Waals surface area contributed by atoms with E-state index in [1.165, 1.54) is 11.1 Å². The van der Waals surface area contributed by atoms with E-state index in [4.69, 9.17) is 5.73 Å². The molecule has 0 aromatic heterocycles. The van der Waals surface area contributed by atoms with E-state index in [9.17, 15) is 0 Å². The zero-order valence-electron chi connectivity index (χ0n) is 14.6. The molecule has 3 N–H and O–H groups in total. The summed E-state index contributed by atoms with van der Waals surface area (Å²) in [5.74, 6) is 0.574. The summed E-state index contributed by atoms with van der Waals surface area (Å²) < 4.78 is 0. The van der Waals surface area contributed by atoms with E-state index in [0.29, 0.717) is 18.0 Å².